The van der Waals surface area contributed by atoms with Gasteiger partial charge in [-0.05, 0) is 55.8 Å². The third-order valence-corrected chi connectivity index (χ3v) is 7.46. The third-order valence-electron chi connectivity index (χ3n) is 7.46. The Morgan fingerprint density at radius 3 is 2.59 bits per heavy atom. The molecule has 5 heterocycles. The Balaban J connectivity index is 1.34. The van der Waals surface area contributed by atoms with Crippen molar-refractivity contribution >= 4 is 23.5 Å². The number of nitrogens with one attached hydrogen (secondary N) is 2. The van der Waals surface area contributed by atoms with Gasteiger partial charge in [0.2, 0.25) is 5.82 Å². The molecule has 1 fully saturated rings. The van der Waals surface area contributed by atoms with Gasteiger partial charge in [0.1, 0.15) is 6.10 Å². The lowest BCUT2D eigenvalue weighted by atomic mass is 10.1. The smallest absolute Gasteiger partial charge is 0.293 e. The summed E-state index contributed by atoms with van der Waals surface area (Å²) >= 11 is 0. The number of nitrogens with zero attached hydrogens (tertiary/aromatic N) is 5. The molecule has 4 bridgehead atoms. The highest BCUT2D eigenvalue weighted by atomic mass is 16.5. The van der Waals surface area contributed by atoms with Crippen LogP contribution in [-0.2, 0) is 11.3 Å². The lowest BCUT2D eigenvalue weighted by Crippen LogP contribution is -2.45. The summed E-state index contributed by atoms with van der Waals surface area (Å²) in [6.07, 6.45) is -0.647. The number of methoxy groups -OCH3 is 2. The Kier molecular flexibility index (Phi) is 7.64. The summed E-state index contributed by atoms with van der Waals surface area (Å²) in [5.41, 5.74) is 2.61. The van der Waals surface area contributed by atoms with Gasteiger partial charge in [0.15, 0.2) is 29.6 Å². The van der Waals surface area contributed by atoms with Gasteiger partial charge in [0.05, 0.1) is 26.8 Å². The van der Waals surface area contributed by atoms with Crippen molar-refractivity contribution in [3.05, 3.63) is 70.8 Å². The van der Waals surface area contributed by atoms with Crippen molar-refractivity contribution in [2.75, 3.05) is 33.9 Å². The van der Waals surface area contributed by atoms with E-state index >= 15 is 0 Å². The number of carbonyl (C=O) groups excluding carboxylic acids is 3. The van der Waals surface area contributed by atoms with Crippen LogP contribution in [-0.4, -0.2) is 88.3 Å². The van der Waals surface area contributed by atoms with Gasteiger partial charge in [0, 0.05) is 30.0 Å². The topological polar surface area (TPSA) is 159 Å². The van der Waals surface area contributed by atoms with Crippen LogP contribution < -0.4 is 29.6 Å². The van der Waals surface area contributed by atoms with E-state index in [2.05, 4.69) is 25.7 Å². The lowest BCUT2D eigenvalue weighted by molar-refractivity contribution is -0.123. The maximum atomic E-state index is 13.6. The zero-order valence-corrected chi connectivity index (χ0v) is 24.6. The highest BCUT2D eigenvalue weighted by molar-refractivity contribution is 5.95. The van der Waals surface area contributed by atoms with Gasteiger partial charge in [-0.2, -0.15) is 4.98 Å². The maximum absolute atomic E-state index is 13.6. The van der Waals surface area contributed by atoms with E-state index in [1.807, 2.05) is 19.9 Å². The number of fused-ring (bicyclic) bond motifs is 8. The molecule has 0 spiro atoms. The SMILES string of the molecule is COc1ccc2cc1OCC(=O)NCc1ccc(c(OC)c1)O[C@H]1CN(C(=O)c3nc4nc(C)cc(C)n4n3)C[C@@H]1NC2=O. The Morgan fingerprint density at radius 1 is 0.977 bits per heavy atom. The third kappa shape index (κ3) is 5.65. The van der Waals surface area contributed by atoms with E-state index in [0.717, 1.165) is 17.0 Å². The number of ether oxygens (including phenoxy) is 4. The Morgan fingerprint density at radius 2 is 1.80 bits per heavy atom. The molecule has 3 aliphatic rings. The second-order valence-electron chi connectivity index (χ2n) is 10.5. The summed E-state index contributed by atoms with van der Waals surface area (Å²) in [6.45, 7) is 3.93. The molecule has 14 heteroatoms. The van der Waals surface area contributed by atoms with Gasteiger partial charge in [0.25, 0.3) is 23.5 Å². The van der Waals surface area contributed by atoms with Crippen LogP contribution in [0.25, 0.3) is 5.78 Å². The summed E-state index contributed by atoms with van der Waals surface area (Å²) in [6, 6.07) is 11.2. The van der Waals surface area contributed by atoms with E-state index in [1.54, 1.807) is 35.2 Å². The standard InChI is InChI=1S/C30H31N7O7/c1-16-9-17(2)37-30(32-16)34-27(35-37)29(40)36-13-20-25(14-36)44-22-7-5-18(10-23(22)42-4)12-31-26(38)15-43-24-11-19(28(39)33-20)6-8-21(24)41-3/h5-11,20,25H,12-15H2,1-4H3,(H,31,38)(H,33,39)/t20-,25-/m0/s1. The summed E-state index contributed by atoms with van der Waals surface area (Å²) in [5.74, 6) is 0.571. The molecule has 0 saturated carbocycles. The molecule has 0 unspecified atom stereocenters. The predicted octanol–water partition coefficient (Wildman–Crippen LogP) is 1.47. The van der Waals surface area contributed by atoms with Crippen LogP contribution >= 0.6 is 0 Å². The molecule has 3 aliphatic heterocycles. The molecule has 228 valence electrons. The minimum absolute atomic E-state index is 0.00712. The number of hydrogen-bond acceptors (Lipinski definition) is 10. The minimum Gasteiger partial charge on any atom is -0.493 e. The first-order chi connectivity index (χ1) is 21.2. The quantitative estimate of drug-likeness (QED) is 0.352. The predicted molar refractivity (Wildman–Crippen MR) is 155 cm³/mol. The second kappa shape index (κ2) is 11.7. The van der Waals surface area contributed by atoms with E-state index in [0.29, 0.717) is 23.0 Å². The number of amides is 3. The second-order valence-corrected chi connectivity index (χ2v) is 10.5. The zero-order valence-electron chi connectivity index (χ0n) is 24.6. The number of carbonyl (C=O) groups is 3. The van der Waals surface area contributed by atoms with Crippen LogP contribution in [0, 0.1) is 13.8 Å². The zero-order chi connectivity index (χ0) is 31.0. The van der Waals surface area contributed by atoms with E-state index in [4.69, 9.17) is 18.9 Å². The molecule has 7 rings (SSSR count). The van der Waals surface area contributed by atoms with Gasteiger partial charge in [-0.15, -0.1) is 5.10 Å². The van der Waals surface area contributed by atoms with Crippen LogP contribution in [0.4, 0.5) is 0 Å². The lowest BCUT2D eigenvalue weighted by Gasteiger charge is -2.22. The number of aromatic nitrogens is 4. The fourth-order valence-electron chi connectivity index (χ4n) is 5.26. The Labute approximate surface area is 252 Å². The summed E-state index contributed by atoms with van der Waals surface area (Å²) in [5, 5.41) is 10.2. The molecule has 14 nitrogen and oxygen atoms in total. The molecule has 3 amide bonds. The Hall–Kier alpha value is -5.40. The van der Waals surface area contributed by atoms with E-state index < -0.39 is 24.0 Å². The Bertz CT molecular complexity index is 1770. The van der Waals surface area contributed by atoms with E-state index in [1.165, 1.54) is 24.8 Å². The fraction of sp³-hybridized carbons (Fsp3) is 0.333. The first-order valence-electron chi connectivity index (χ1n) is 13.9. The van der Waals surface area contributed by atoms with Gasteiger partial charge >= 0.3 is 0 Å². The molecule has 2 N–H and O–H groups in total. The first kappa shape index (κ1) is 28.7. The highest BCUT2D eigenvalue weighted by Crippen LogP contribution is 2.32. The van der Waals surface area contributed by atoms with Crippen molar-refractivity contribution in [1.82, 2.24) is 35.1 Å². The van der Waals surface area contributed by atoms with Crippen LogP contribution in [0.1, 0.15) is 37.9 Å². The number of aryl methyl sites for hydroxylation is 2. The molecule has 4 aromatic rings. The molecule has 44 heavy (non-hydrogen) atoms. The van der Waals surface area contributed by atoms with Crippen molar-refractivity contribution in [3.8, 4) is 23.0 Å². The van der Waals surface area contributed by atoms with E-state index in [-0.39, 0.29) is 49.3 Å². The molecule has 1 saturated heterocycles. The molecule has 0 radical (unpaired) electrons. The number of hydrogen-bond donors (Lipinski definition) is 2. The largest absolute Gasteiger partial charge is 0.493 e. The number of likely N-dealkylation sites (tertiary alicyclic amines) is 1. The average Bonchev–Trinajstić information content (AvgIpc) is 3.62. The maximum Gasteiger partial charge on any atom is 0.293 e. The first-order valence-corrected chi connectivity index (χ1v) is 13.9. The van der Waals surface area contributed by atoms with Crippen molar-refractivity contribution in [2.45, 2.75) is 32.5 Å². The van der Waals surface area contributed by atoms with Crippen molar-refractivity contribution in [2.24, 2.45) is 0 Å². The molecule has 2 aromatic carbocycles. The fourth-order valence-corrected chi connectivity index (χ4v) is 5.26. The van der Waals surface area contributed by atoms with Crippen LogP contribution in [0.15, 0.2) is 42.5 Å². The monoisotopic (exact) mass is 601 g/mol. The summed E-state index contributed by atoms with van der Waals surface area (Å²) < 4.78 is 24.6. The van der Waals surface area contributed by atoms with Crippen molar-refractivity contribution in [3.63, 3.8) is 0 Å². The van der Waals surface area contributed by atoms with Crippen molar-refractivity contribution < 1.29 is 33.3 Å². The van der Waals surface area contributed by atoms with Crippen LogP contribution in [0.2, 0.25) is 0 Å². The normalized spacial score (nSPS) is 18.5. The minimum atomic E-state index is -0.647. The molecule has 2 aromatic heterocycles. The summed E-state index contributed by atoms with van der Waals surface area (Å²) in [7, 11) is 2.98. The number of rotatable bonds is 3. The van der Waals surface area contributed by atoms with Gasteiger partial charge < -0.3 is 34.5 Å². The molecule has 2 atom stereocenters. The van der Waals surface area contributed by atoms with Crippen LogP contribution in [0.3, 0.4) is 0 Å². The molecule has 0 aliphatic carbocycles. The van der Waals surface area contributed by atoms with Crippen molar-refractivity contribution in [1.29, 1.82) is 0 Å². The molecular weight excluding hydrogens is 570 g/mol. The number of benzene rings is 2. The summed E-state index contributed by atoms with van der Waals surface area (Å²) in [4.78, 5) is 49.9. The van der Waals surface area contributed by atoms with E-state index in [9.17, 15) is 14.4 Å². The highest BCUT2D eigenvalue weighted by Gasteiger charge is 2.40. The molecular formula is C30H31N7O7. The van der Waals surface area contributed by atoms with Gasteiger partial charge in [-0.25, -0.2) is 9.50 Å². The van der Waals surface area contributed by atoms with Crippen LogP contribution in [0.5, 0.6) is 23.0 Å². The van der Waals surface area contributed by atoms with Gasteiger partial charge in [-0.3, -0.25) is 14.4 Å². The van der Waals surface area contributed by atoms with Gasteiger partial charge in [-0.1, -0.05) is 6.07 Å². The average molecular weight is 602 g/mol.